The van der Waals surface area contributed by atoms with E-state index in [4.69, 9.17) is 4.74 Å². The van der Waals surface area contributed by atoms with Gasteiger partial charge in [-0.05, 0) is 42.0 Å². The van der Waals surface area contributed by atoms with E-state index >= 15 is 0 Å². The van der Waals surface area contributed by atoms with Crippen molar-refractivity contribution in [3.63, 3.8) is 0 Å². The van der Waals surface area contributed by atoms with Crippen molar-refractivity contribution in [3.05, 3.63) is 60.0 Å². The summed E-state index contributed by atoms with van der Waals surface area (Å²) in [6.07, 6.45) is 0.710. The first-order valence-corrected chi connectivity index (χ1v) is 6.42. The first-order chi connectivity index (χ1) is 10.2. The Morgan fingerprint density at radius 2 is 1.81 bits per heavy atom. The molecule has 21 heavy (non-hydrogen) atoms. The third-order valence-electron chi connectivity index (χ3n) is 3.33. The first kappa shape index (κ1) is 13.2. The van der Waals surface area contributed by atoms with E-state index in [0.717, 1.165) is 16.5 Å². The number of rotatable bonds is 3. The molecule has 0 saturated carbocycles. The Labute approximate surface area is 121 Å². The number of pyridine rings is 1. The van der Waals surface area contributed by atoms with Crippen molar-refractivity contribution in [2.45, 2.75) is 0 Å². The molecule has 0 bridgehead atoms. The number of carbonyl (C=O) groups excluding carboxylic acids is 1. The zero-order chi connectivity index (χ0) is 14.8. The quantitative estimate of drug-likeness (QED) is 0.684. The van der Waals surface area contributed by atoms with Crippen LogP contribution in [-0.4, -0.2) is 18.4 Å². The van der Waals surface area contributed by atoms with Gasteiger partial charge in [-0.25, -0.2) is 9.37 Å². The number of halogens is 1. The van der Waals surface area contributed by atoms with Gasteiger partial charge in [0.15, 0.2) is 6.29 Å². The zero-order valence-electron chi connectivity index (χ0n) is 11.3. The van der Waals surface area contributed by atoms with Crippen molar-refractivity contribution in [1.82, 2.24) is 4.98 Å². The topological polar surface area (TPSA) is 39.2 Å². The van der Waals surface area contributed by atoms with Crippen molar-refractivity contribution in [3.8, 4) is 16.9 Å². The Hall–Kier alpha value is -2.75. The van der Waals surface area contributed by atoms with Crippen LogP contribution < -0.4 is 4.74 Å². The average molecular weight is 281 g/mol. The van der Waals surface area contributed by atoms with E-state index in [0.29, 0.717) is 23.2 Å². The smallest absolute Gasteiger partial charge is 0.168 e. The summed E-state index contributed by atoms with van der Waals surface area (Å²) in [6, 6.07) is 13.3. The molecule has 3 nitrogen and oxygen atoms in total. The molecule has 0 spiro atoms. The summed E-state index contributed by atoms with van der Waals surface area (Å²) < 4.78 is 18.5. The molecule has 0 aliphatic carbocycles. The van der Waals surface area contributed by atoms with Crippen molar-refractivity contribution < 1.29 is 13.9 Å². The second-order valence-electron chi connectivity index (χ2n) is 4.57. The number of nitrogens with zero attached hydrogens (tertiary/aromatic N) is 1. The normalized spacial score (nSPS) is 10.6. The van der Waals surface area contributed by atoms with Gasteiger partial charge in [0.1, 0.15) is 17.3 Å². The lowest BCUT2D eigenvalue weighted by Crippen LogP contribution is -1.93. The first-order valence-electron chi connectivity index (χ1n) is 6.42. The number of aromatic nitrogens is 1. The van der Waals surface area contributed by atoms with Crippen molar-refractivity contribution in [1.29, 1.82) is 0 Å². The van der Waals surface area contributed by atoms with Crippen LogP contribution in [0.4, 0.5) is 4.39 Å². The van der Waals surface area contributed by atoms with Crippen LogP contribution in [0.1, 0.15) is 10.5 Å². The molecule has 2 aromatic carbocycles. The summed E-state index contributed by atoms with van der Waals surface area (Å²) in [7, 11) is 1.58. The molecule has 0 N–H and O–H groups in total. The number of fused-ring (bicyclic) bond motifs is 1. The third-order valence-corrected chi connectivity index (χ3v) is 3.33. The van der Waals surface area contributed by atoms with Crippen LogP contribution >= 0.6 is 0 Å². The summed E-state index contributed by atoms with van der Waals surface area (Å²) in [4.78, 5) is 15.1. The molecule has 104 valence electrons. The van der Waals surface area contributed by atoms with Gasteiger partial charge in [-0.2, -0.15) is 0 Å². The molecule has 0 saturated heterocycles. The monoisotopic (exact) mass is 281 g/mol. The lowest BCUT2D eigenvalue weighted by Gasteiger charge is -2.12. The molecule has 0 atom stereocenters. The number of benzene rings is 2. The molecule has 0 fully saturated rings. The number of methoxy groups -OCH3 is 1. The molecule has 1 heterocycles. The van der Waals surface area contributed by atoms with Crippen LogP contribution in [-0.2, 0) is 0 Å². The van der Waals surface area contributed by atoms with Gasteiger partial charge in [-0.3, -0.25) is 4.79 Å². The third kappa shape index (κ3) is 2.36. The van der Waals surface area contributed by atoms with Crippen LogP contribution in [0.15, 0.2) is 48.5 Å². The molecular weight excluding hydrogens is 269 g/mol. The molecule has 0 aliphatic rings. The number of hydrogen-bond donors (Lipinski definition) is 0. The molecule has 3 aromatic rings. The maximum atomic E-state index is 13.1. The Morgan fingerprint density at radius 1 is 1.05 bits per heavy atom. The molecule has 3 rings (SSSR count). The Bertz CT molecular complexity index is 813. The molecule has 4 heteroatoms. The fourth-order valence-corrected chi connectivity index (χ4v) is 2.35. The fourth-order valence-electron chi connectivity index (χ4n) is 2.35. The molecular formula is C17H12FNO2. The SMILES string of the molecule is COc1ccc2nc(C=O)ccc2c1-c1ccc(F)cc1. The zero-order valence-corrected chi connectivity index (χ0v) is 11.3. The minimum absolute atomic E-state index is 0.292. The standard InChI is InChI=1S/C17H12FNO2/c1-21-16-9-8-15-14(7-6-13(10-20)19-15)17(16)11-2-4-12(18)5-3-11/h2-10H,1H3. The van der Waals surface area contributed by atoms with E-state index in [1.54, 1.807) is 37.4 Å². The second-order valence-corrected chi connectivity index (χ2v) is 4.57. The summed E-state index contributed by atoms with van der Waals surface area (Å²) >= 11 is 0. The molecule has 1 aromatic heterocycles. The van der Waals surface area contributed by atoms with Gasteiger partial charge in [0.25, 0.3) is 0 Å². The van der Waals surface area contributed by atoms with Gasteiger partial charge >= 0.3 is 0 Å². The molecule has 0 amide bonds. The Morgan fingerprint density at radius 3 is 2.48 bits per heavy atom. The van der Waals surface area contributed by atoms with E-state index in [1.165, 1.54) is 12.1 Å². The summed E-state index contributed by atoms with van der Waals surface area (Å²) in [5, 5.41) is 0.853. The van der Waals surface area contributed by atoms with E-state index in [1.807, 2.05) is 6.07 Å². The van der Waals surface area contributed by atoms with Gasteiger partial charge < -0.3 is 4.74 Å². The molecule has 0 radical (unpaired) electrons. The number of aldehydes is 1. The average Bonchev–Trinajstić information content (AvgIpc) is 2.54. The maximum absolute atomic E-state index is 13.1. The van der Waals surface area contributed by atoms with Crippen molar-refractivity contribution >= 4 is 17.2 Å². The Balaban J connectivity index is 2.32. The summed E-state index contributed by atoms with van der Waals surface area (Å²) in [5.74, 6) is 0.383. The maximum Gasteiger partial charge on any atom is 0.168 e. The van der Waals surface area contributed by atoms with Crippen LogP contribution in [0.25, 0.3) is 22.0 Å². The highest BCUT2D eigenvalue weighted by molar-refractivity contribution is 5.99. The minimum atomic E-state index is -0.292. The van der Waals surface area contributed by atoms with E-state index in [9.17, 15) is 9.18 Å². The van der Waals surface area contributed by atoms with Crippen molar-refractivity contribution in [2.75, 3.05) is 7.11 Å². The van der Waals surface area contributed by atoms with Crippen LogP contribution in [0, 0.1) is 5.82 Å². The van der Waals surface area contributed by atoms with Gasteiger partial charge in [0.05, 0.1) is 12.6 Å². The van der Waals surface area contributed by atoms with Crippen LogP contribution in [0.5, 0.6) is 5.75 Å². The minimum Gasteiger partial charge on any atom is -0.496 e. The predicted molar refractivity (Wildman–Crippen MR) is 79.1 cm³/mol. The van der Waals surface area contributed by atoms with Crippen molar-refractivity contribution in [2.24, 2.45) is 0 Å². The highest BCUT2D eigenvalue weighted by Gasteiger charge is 2.12. The predicted octanol–water partition coefficient (Wildman–Crippen LogP) is 3.86. The van der Waals surface area contributed by atoms with E-state index < -0.39 is 0 Å². The number of hydrogen-bond acceptors (Lipinski definition) is 3. The highest BCUT2D eigenvalue weighted by atomic mass is 19.1. The van der Waals surface area contributed by atoms with Gasteiger partial charge in [0, 0.05) is 10.9 Å². The van der Waals surface area contributed by atoms with Crippen LogP contribution in [0.3, 0.4) is 0 Å². The highest BCUT2D eigenvalue weighted by Crippen LogP contribution is 2.36. The van der Waals surface area contributed by atoms with E-state index in [2.05, 4.69) is 4.98 Å². The summed E-state index contributed by atoms with van der Waals surface area (Å²) in [6.45, 7) is 0. The fraction of sp³-hybridized carbons (Fsp3) is 0.0588. The summed E-state index contributed by atoms with van der Waals surface area (Å²) in [5.41, 5.74) is 2.73. The van der Waals surface area contributed by atoms with E-state index in [-0.39, 0.29) is 5.82 Å². The van der Waals surface area contributed by atoms with Crippen LogP contribution in [0.2, 0.25) is 0 Å². The van der Waals surface area contributed by atoms with Gasteiger partial charge in [-0.15, -0.1) is 0 Å². The lowest BCUT2D eigenvalue weighted by molar-refractivity contribution is 0.111. The van der Waals surface area contributed by atoms with Gasteiger partial charge in [0.2, 0.25) is 0 Å². The molecule has 0 aliphatic heterocycles. The molecule has 0 unspecified atom stereocenters. The lowest BCUT2D eigenvalue weighted by atomic mass is 9.99. The van der Waals surface area contributed by atoms with Gasteiger partial charge in [-0.1, -0.05) is 12.1 Å². The number of carbonyl (C=O) groups is 1. The second kappa shape index (κ2) is 5.32. The number of ether oxygens (including phenoxy) is 1. The largest absolute Gasteiger partial charge is 0.496 e. The Kier molecular flexibility index (Phi) is 3.36.